The number of anilines is 1. The molecule has 1 fully saturated rings. The third-order valence-corrected chi connectivity index (χ3v) is 6.01. The Morgan fingerprint density at radius 2 is 1.88 bits per heavy atom. The number of nitrogens with one attached hydrogen (secondary N) is 1. The Morgan fingerprint density at radius 1 is 1.19 bits per heavy atom. The number of hydrogen-bond acceptors (Lipinski definition) is 5. The molecule has 0 aromatic heterocycles. The van der Waals surface area contributed by atoms with Crippen molar-refractivity contribution in [1.29, 1.82) is 0 Å². The van der Waals surface area contributed by atoms with E-state index in [2.05, 4.69) is 5.32 Å². The number of aliphatic hydroxyl groups is 1. The number of amides is 2. The topological polar surface area (TPSA) is 88.1 Å². The maximum Gasteiger partial charge on any atom is 0.249 e. The van der Waals surface area contributed by atoms with E-state index in [1.807, 2.05) is 38.1 Å². The summed E-state index contributed by atoms with van der Waals surface area (Å²) in [5.74, 6) is 0.490. The van der Waals surface area contributed by atoms with E-state index in [-0.39, 0.29) is 30.9 Å². The Labute approximate surface area is 189 Å². The Balaban J connectivity index is 1.74. The van der Waals surface area contributed by atoms with Gasteiger partial charge >= 0.3 is 0 Å². The summed E-state index contributed by atoms with van der Waals surface area (Å²) in [6.45, 7) is 4.53. The fourth-order valence-electron chi connectivity index (χ4n) is 4.00. The molecule has 3 rings (SSSR count). The Bertz CT molecular complexity index is 911. The summed E-state index contributed by atoms with van der Waals surface area (Å²) in [6.07, 6.45) is 0.644. The van der Waals surface area contributed by atoms with Crippen LogP contribution in [0.2, 0.25) is 0 Å². The molecule has 2 atom stereocenters. The van der Waals surface area contributed by atoms with E-state index in [4.69, 9.17) is 9.47 Å². The van der Waals surface area contributed by atoms with Crippen LogP contribution >= 0.6 is 0 Å². The number of rotatable bonds is 9. The lowest BCUT2D eigenvalue weighted by molar-refractivity contribution is -0.155. The highest BCUT2D eigenvalue weighted by Crippen LogP contribution is 2.29. The lowest BCUT2D eigenvalue weighted by atomic mass is 9.99. The monoisotopic (exact) mass is 440 g/mol. The number of morpholine rings is 1. The Morgan fingerprint density at radius 3 is 2.53 bits per heavy atom. The molecule has 1 heterocycles. The smallest absolute Gasteiger partial charge is 0.249 e. The van der Waals surface area contributed by atoms with Gasteiger partial charge in [0.05, 0.1) is 19.8 Å². The van der Waals surface area contributed by atoms with Crippen LogP contribution in [-0.2, 0) is 20.9 Å². The van der Waals surface area contributed by atoms with Gasteiger partial charge in [-0.2, -0.15) is 0 Å². The van der Waals surface area contributed by atoms with Crippen molar-refractivity contribution in [3.05, 3.63) is 59.7 Å². The highest BCUT2D eigenvalue weighted by Gasteiger charge is 2.35. The first kappa shape index (κ1) is 23.8. The molecule has 1 saturated heterocycles. The molecule has 7 nitrogen and oxygen atoms in total. The van der Waals surface area contributed by atoms with E-state index in [9.17, 15) is 14.7 Å². The predicted octanol–water partition coefficient (Wildman–Crippen LogP) is 3.53. The molecular formula is C25H32N2O5. The second kappa shape index (κ2) is 11.1. The molecule has 1 aliphatic rings. The number of benzene rings is 2. The summed E-state index contributed by atoms with van der Waals surface area (Å²) >= 11 is 0. The van der Waals surface area contributed by atoms with Crippen LogP contribution in [0.25, 0.3) is 0 Å². The molecule has 2 aromatic rings. The van der Waals surface area contributed by atoms with Gasteiger partial charge in [0, 0.05) is 23.7 Å². The van der Waals surface area contributed by atoms with Crippen LogP contribution in [0.4, 0.5) is 5.69 Å². The summed E-state index contributed by atoms with van der Waals surface area (Å²) in [5.41, 5.74) is 2.19. The van der Waals surface area contributed by atoms with Crippen LogP contribution < -0.4 is 10.1 Å². The van der Waals surface area contributed by atoms with E-state index < -0.39 is 12.1 Å². The van der Waals surface area contributed by atoms with Crippen molar-refractivity contribution in [2.75, 3.05) is 25.6 Å². The fourth-order valence-corrected chi connectivity index (χ4v) is 4.00. The molecule has 0 aliphatic carbocycles. The van der Waals surface area contributed by atoms with E-state index in [0.29, 0.717) is 23.5 Å². The van der Waals surface area contributed by atoms with Gasteiger partial charge < -0.3 is 24.8 Å². The first-order valence-electron chi connectivity index (χ1n) is 11.1. The molecule has 2 unspecified atom stereocenters. The minimum atomic E-state index is -0.933. The van der Waals surface area contributed by atoms with Gasteiger partial charge in [-0.1, -0.05) is 44.2 Å². The molecule has 2 amide bonds. The van der Waals surface area contributed by atoms with E-state index in [0.717, 1.165) is 18.4 Å². The zero-order valence-electron chi connectivity index (χ0n) is 18.9. The maximum absolute atomic E-state index is 12.6. The number of hydrogen-bond donors (Lipinski definition) is 2. The second-order valence-electron chi connectivity index (χ2n) is 7.99. The molecule has 1 aliphatic heterocycles. The van der Waals surface area contributed by atoms with Gasteiger partial charge in [-0.15, -0.1) is 0 Å². The lowest BCUT2D eigenvalue weighted by Gasteiger charge is -2.38. The molecule has 2 N–H and O–H groups in total. The minimum absolute atomic E-state index is 0.00226. The maximum atomic E-state index is 12.6. The third-order valence-electron chi connectivity index (χ3n) is 6.01. The summed E-state index contributed by atoms with van der Waals surface area (Å²) in [6, 6.07) is 14.1. The van der Waals surface area contributed by atoms with Crippen LogP contribution in [0, 0.1) is 5.92 Å². The SMILES string of the molecule is CCC(CC)C(=O)Nc1ccc(C(O)C2COCC(=O)N2Cc2ccccc2OC)cc1. The summed E-state index contributed by atoms with van der Waals surface area (Å²) < 4.78 is 10.9. The standard InChI is InChI=1S/C25H32N2O5/c1-4-17(5-2)25(30)26-20-12-10-18(11-13-20)24(29)21-15-32-16-23(28)27(21)14-19-8-6-7-9-22(19)31-3/h6-13,17,21,24,29H,4-5,14-16H2,1-3H3,(H,26,30). The first-order chi connectivity index (χ1) is 15.5. The largest absolute Gasteiger partial charge is 0.496 e. The molecule has 7 heteroatoms. The van der Waals surface area contributed by atoms with Crippen molar-refractivity contribution in [3.8, 4) is 5.75 Å². The van der Waals surface area contributed by atoms with E-state index in [1.54, 1.807) is 36.3 Å². The van der Waals surface area contributed by atoms with Crippen molar-refractivity contribution >= 4 is 17.5 Å². The van der Waals surface area contributed by atoms with Crippen molar-refractivity contribution in [3.63, 3.8) is 0 Å². The van der Waals surface area contributed by atoms with Gasteiger partial charge in [-0.05, 0) is 36.6 Å². The highest BCUT2D eigenvalue weighted by molar-refractivity contribution is 5.92. The predicted molar refractivity (Wildman–Crippen MR) is 122 cm³/mol. The van der Waals surface area contributed by atoms with Crippen molar-refractivity contribution in [2.45, 2.75) is 45.4 Å². The van der Waals surface area contributed by atoms with Gasteiger partial charge in [0.25, 0.3) is 0 Å². The molecular weight excluding hydrogens is 408 g/mol. The van der Waals surface area contributed by atoms with Gasteiger partial charge in [-0.3, -0.25) is 9.59 Å². The fraction of sp³-hybridized carbons (Fsp3) is 0.440. The van der Waals surface area contributed by atoms with Crippen molar-refractivity contribution in [1.82, 2.24) is 4.90 Å². The molecule has 2 aromatic carbocycles. The second-order valence-corrected chi connectivity index (χ2v) is 7.99. The van der Waals surface area contributed by atoms with Crippen LogP contribution in [0.15, 0.2) is 48.5 Å². The number of methoxy groups -OCH3 is 1. The van der Waals surface area contributed by atoms with E-state index in [1.165, 1.54) is 0 Å². The molecule has 0 spiro atoms. The zero-order valence-corrected chi connectivity index (χ0v) is 18.9. The van der Waals surface area contributed by atoms with E-state index >= 15 is 0 Å². The van der Waals surface area contributed by atoms with Crippen molar-refractivity contribution in [2.24, 2.45) is 5.92 Å². The number of carbonyl (C=O) groups is 2. The van der Waals surface area contributed by atoms with Crippen LogP contribution in [0.1, 0.15) is 43.9 Å². The molecule has 32 heavy (non-hydrogen) atoms. The summed E-state index contributed by atoms with van der Waals surface area (Å²) in [7, 11) is 1.59. The summed E-state index contributed by atoms with van der Waals surface area (Å²) in [4.78, 5) is 26.6. The molecule has 172 valence electrons. The zero-order chi connectivity index (χ0) is 23.1. The molecule has 0 radical (unpaired) electrons. The number of aliphatic hydroxyl groups excluding tert-OH is 1. The lowest BCUT2D eigenvalue weighted by Crippen LogP contribution is -2.51. The molecule has 0 bridgehead atoms. The minimum Gasteiger partial charge on any atom is -0.496 e. The first-order valence-corrected chi connectivity index (χ1v) is 11.1. The number of para-hydroxylation sites is 1. The van der Waals surface area contributed by atoms with Gasteiger partial charge in [-0.25, -0.2) is 0 Å². The average molecular weight is 441 g/mol. The van der Waals surface area contributed by atoms with Crippen LogP contribution in [-0.4, -0.2) is 48.2 Å². The Kier molecular flexibility index (Phi) is 8.25. The van der Waals surface area contributed by atoms with Gasteiger partial charge in [0.15, 0.2) is 0 Å². The Hall–Kier alpha value is -2.90. The van der Waals surface area contributed by atoms with Crippen LogP contribution in [0.5, 0.6) is 5.75 Å². The highest BCUT2D eigenvalue weighted by atomic mass is 16.5. The number of ether oxygens (including phenoxy) is 2. The van der Waals surface area contributed by atoms with Gasteiger partial charge in [0.1, 0.15) is 18.5 Å². The average Bonchev–Trinajstić information content (AvgIpc) is 2.81. The van der Waals surface area contributed by atoms with Crippen molar-refractivity contribution < 1.29 is 24.2 Å². The number of nitrogens with zero attached hydrogens (tertiary/aromatic N) is 1. The quantitative estimate of drug-likeness (QED) is 0.623. The molecule has 0 saturated carbocycles. The van der Waals surface area contributed by atoms with Gasteiger partial charge in [0.2, 0.25) is 11.8 Å². The summed E-state index contributed by atoms with van der Waals surface area (Å²) in [5, 5.41) is 14.0. The number of carbonyl (C=O) groups excluding carboxylic acids is 2. The third kappa shape index (κ3) is 5.47. The van der Waals surface area contributed by atoms with Crippen LogP contribution in [0.3, 0.4) is 0 Å². The normalized spacial score (nSPS) is 17.3.